The predicted octanol–water partition coefficient (Wildman–Crippen LogP) is 4.24. The molecular formula is C11H25ClO. The van der Waals surface area contributed by atoms with E-state index >= 15 is 0 Å². The molecular weight excluding hydrogens is 184 g/mol. The number of rotatable bonds is 1. The fourth-order valence-corrected chi connectivity index (χ4v) is 0.919. The van der Waals surface area contributed by atoms with Crippen molar-refractivity contribution in [1.82, 2.24) is 0 Å². The summed E-state index contributed by atoms with van der Waals surface area (Å²) in [6.45, 7) is 14.5. The summed E-state index contributed by atoms with van der Waals surface area (Å²) in [6, 6.07) is 0. The van der Waals surface area contributed by atoms with Gasteiger partial charge in [-0.15, -0.1) is 11.6 Å². The number of ether oxygens (including phenoxy) is 1. The van der Waals surface area contributed by atoms with Crippen molar-refractivity contribution < 1.29 is 4.74 Å². The molecule has 0 amide bonds. The van der Waals surface area contributed by atoms with Gasteiger partial charge in [-0.3, -0.25) is 0 Å². The van der Waals surface area contributed by atoms with Crippen LogP contribution in [0.4, 0.5) is 0 Å². The summed E-state index contributed by atoms with van der Waals surface area (Å²) >= 11 is 5.19. The van der Waals surface area contributed by atoms with Gasteiger partial charge in [0.1, 0.15) is 0 Å². The van der Waals surface area contributed by atoms with E-state index in [2.05, 4.69) is 41.5 Å². The first kappa shape index (κ1) is 15.7. The maximum atomic E-state index is 5.62. The molecule has 0 fully saturated rings. The number of alkyl halides is 1. The SMILES string of the molecule is CC(C)(C)OC(C)(C)C.CCCCl. The van der Waals surface area contributed by atoms with Crippen LogP contribution < -0.4 is 0 Å². The van der Waals surface area contributed by atoms with Gasteiger partial charge in [-0.1, -0.05) is 6.92 Å². The summed E-state index contributed by atoms with van der Waals surface area (Å²) in [5, 5.41) is 0. The van der Waals surface area contributed by atoms with Gasteiger partial charge in [-0.2, -0.15) is 0 Å². The Balaban J connectivity index is 0. The van der Waals surface area contributed by atoms with Gasteiger partial charge in [0.2, 0.25) is 0 Å². The molecule has 1 nitrogen and oxygen atoms in total. The van der Waals surface area contributed by atoms with E-state index in [-0.39, 0.29) is 11.2 Å². The highest BCUT2D eigenvalue weighted by molar-refractivity contribution is 6.17. The van der Waals surface area contributed by atoms with E-state index in [1.165, 1.54) is 0 Å². The fraction of sp³-hybridized carbons (Fsp3) is 1.00. The Morgan fingerprint density at radius 3 is 1.15 bits per heavy atom. The lowest BCUT2D eigenvalue weighted by molar-refractivity contribution is -0.102. The standard InChI is InChI=1S/C8H18O.C3H7Cl/c1-7(2,3)9-8(4,5)6;1-2-3-4/h1-6H3;2-3H2,1H3. The van der Waals surface area contributed by atoms with Crippen molar-refractivity contribution in [3.63, 3.8) is 0 Å². The van der Waals surface area contributed by atoms with Gasteiger partial charge >= 0.3 is 0 Å². The summed E-state index contributed by atoms with van der Waals surface area (Å²) in [5.41, 5.74) is -0.0312. The first-order chi connectivity index (χ1) is 5.62. The van der Waals surface area contributed by atoms with Crippen LogP contribution in [0.25, 0.3) is 0 Å². The van der Waals surface area contributed by atoms with Gasteiger partial charge in [0.25, 0.3) is 0 Å². The Bertz CT molecular complexity index is 94.2. The second-order valence-electron chi connectivity index (χ2n) is 5.02. The van der Waals surface area contributed by atoms with Crippen LogP contribution in [0.5, 0.6) is 0 Å². The van der Waals surface area contributed by atoms with E-state index in [4.69, 9.17) is 16.3 Å². The Morgan fingerprint density at radius 1 is 0.923 bits per heavy atom. The molecule has 0 atom stereocenters. The quantitative estimate of drug-likeness (QED) is 0.586. The van der Waals surface area contributed by atoms with Gasteiger partial charge in [-0.25, -0.2) is 0 Å². The molecule has 0 N–H and O–H groups in total. The van der Waals surface area contributed by atoms with E-state index in [1.54, 1.807) is 0 Å². The van der Waals surface area contributed by atoms with E-state index in [9.17, 15) is 0 Å². The van der Waals surface area contributed by atoms with Crippen molar-refractivity contribution >= 4 is 11.6 Å². The Hall–Kier alpha value is 0.250. The van der Waals surface area contributed by atoms with Gasteiger partial charge in [-0.05, 0) is 48.0 Å². The predicted molar refractivity (Wildman–Crippen MR) is 61.6 cm³/mol. The Kier molecular flexibility index (Phi) is 8.06. The third-order valence-electron chi connectivity index (χ3n) is 0.801. The van der Waals surface area contributed by atoms with Gasteiger partial charge in [0.05, 0.1) is 11.2 Å². The normalized spacial score (nSPS) is 12.0. The minimum Gasteiger partial charge on any atom is -0.370 e. The average molecular weight is 209 g/mol. The van der Waals surface area contributed by atoms with Crippen LogP contribution in [0.1, 0.15) is 54.9 Å². The van der Waals surface area contributed by atoms with Gasteiger partial charge in [0.15, 0.2) is 0 Å². The van der Waals surface area contributed by atoms with E-state index in [0.717, 1.165) is 12.3 Å². The van der Waals surface area contributed by atoms with Crippen molar-refractivity contribution in [1.29, 1.82) is 0 Å². The van der Waals surface area contributed by atoms with Crippen molar-refractivity contribution in [3.05, 3.63) is 0 Å². The molecule has 0 unspecified atom stereocenters. The zero-order valence-corrected chi connectivity index (χ0v) is 11.0. The maximum absolute atomic E-state index is 5.62. The molecule has 0 aliphatic heterocycles. The lowest BCUT2D eigenvalue weighted by Crippen LogP contribution is -2.31. The Labute approximate surface area is 88.8 Å². The third kappa shape index (κ3) is 24.5. The average Bonchev–Trinajstić information content (AvgIpc) is 1.80. The minimum absolute atomic E-state index is 0.0156. The lowest BCUT2D eigenvalue weighted by atomic mass is 10.1. The zero-order valence-electron chi connectivity index (χ0n) is 10.2. The number of hydrogen-bond acceptors (Lipinski definition) is 1. The van der Waals surface area contributed by atoms with Crippen LogP contribution in [0, 0.1) is 0 Å². The summed E-state index contributed by atoms with van der Waals surface area (Å²) in [6.07, 6.45) is 1.08. The van der Waals surface area contributed by atoms with E-state index in [0.29, 0.717) is 0 Å². The molecule has 0 rings (SSSR count). The maximum Gasteiger partial charge on any atom is 0.0605 e. The molecule has 0 aromatic heterocycles. The van der Waals surface area contributed by atoms with Crippen LogP contribution in [0.15, 0.2) is 0 Å². The summed E-state index contributed by atoms with van der Waals surface area (Å²) in [4.78, 5) is 0. The summed E-state index contributed by atoms with van der Waals surface area (Å²) in [5.74, 6) is 0.792. The molecule has 13 heavy (non-hydrogen) atoms. The Morgan fingerprint density at radius 2 is 1.15 bits per heavy atom. The topological polar surface area (TPSA) is 9.23 Å². The van der Waals surface area contributed by atoms with E-state index < -0.39 is 0 Å². The number of halogens is 1. The largest absolute Gasteiger partial charge is 0.370 e. The first-order valence-corrected chi connectivity index (χ1v) is 5.42. The highest BCUT2D eigenvalue weighted by Gasteiger charge is 2.19. The molecule has 0 spiro atoms. The summed E-state index contributed by atoms with van der Waals surface area (Å²) < 4.78 is 5.62. The molecule has 0 aromatic carbocycles. The lowest BCUT2D eigenvalue weighted by Gasteiger charge is -2.30. The van der Waals surface area contributed by atoms with Crippen molar-refractivity contribution in [2.45, 2.75) is 66.1 Å². The third-order valence-corrected chi connectivity index (χ3v) is 1.18. The molecule has 82 valence electrons. The van der Waals surface area contributed by atoms with Crippen LogP contribution >= 0.6 is 11.6 Å². The van der Waals surface area contributed by atoms with Crippen LogP contribution in [-0.2, 0) is 4.74 Å². The molecule has 0 aliphatic rings. The van der Waals surface area contributed by atoms with Crippen molar-refractivity contribution in [3.8, 4) is 0 Å². The zero-order chi connectivity index (χ0) is 11.1. The van der Waals surface area contributed by atoms with Crippen LogP contribution in [-0.4, -0.2) is 17.1 Å². The monoisotopic (exact) mass is 208 g/mol. The number of hydrogen-bond donors (Lipinski definition) is 0. The van der Waals surface area contributed by atoms with Crippen molar-refractivity contribution in [2.75, 3.05) is 5.88 Å². The molecule has 2 heteroatoms. The summed E-state index contributed by atoms with van der Waals surface area (Å²) in [7, 11) is 0. The molecule has 0 saturated carbocycles. The van der Waals surface area contributed by atoms with Crippen LogP contribution in [0.3, 0.4) is 0 Å². The second kappa shape index (κ2) is 6.67. The smallest absolute Gasteiger partial charge is 0.0605 e. The highest BCUT2D eigenvalue weighted by Crippen LogP contribution is 2.17. The van der Waals surface area contributed by atoms with Crippen molar-refractivity contribution in [2.24, 2.45) is 0 Å². The molecule has 0 radical (unpaired) electrons. The molecule has 0 saturated heterocycles. The minimum atomic E-state index is -0.0156. The highest BCUT2D eigenvalue weighted by atomic mass is 35.5. The molecule has 0 bridgehead atoms. The fourth-order valence-electron chi connectivity index (χ4n) is 0.919. The molecule has 0 heterocycles. The van der Waals surface area contributed by atoms with Gasteiger partial charge in [0, 0.05) is 5.88 Å². The van der Waals surface area contributed by atoms with Gasteiger partial charge < -0.3 is 4.74 Å². The second-order valence-corrected chi connectivity index (χ2v) is 5.39. The molecule has 0 aliphatic carbocycles. The first-order valence-electron chi connectivity index (χ1n) is 4.88. The van der Waals surface area contributed by atoms with Crippen LogP contribution in [0.2, 0.25) is 0 Å². The van der Waals surface area contributed by atoms with E-state index in [1.807, 2.05) is 6.92 Å². The molecule has 0 aromatic rings.